The Labute approximate surface area is 102 Å². The second kappa shape index (κ2) is 3.83. The van der Waals surface area contributed by atoms with Crippen LogP contribution in [0.25, 0.3) is 21.9 Å². The number of pyridine rings is 2. The van der Waals surface area contributed by atoms with Gasteiger partial charge in [-0.05, 0) is 18.6 Å². The Morgan fingerprint density at radius 1 is 1.50 bits per heavy atom. The van der Waals surface area contributed by atoms with E-state index >= 15 is 0 Å². The number of hydrogen-bond acceptors (Lipinski definition) is 4. The van der Waals surface area contributed by atoms with Crippen LogP contribution in [0.2, 0.25) is 0 Å². The molecule has 0 atom stereocenters. The maximum absolute atomic E-state index is 12.4. The molecule has 0 fully saturated rings. The molecule has 0 aliphatic heterocycles. The van der Waals surface area contributed by atoms with Crippen molar-refractivity contribution in [3.05, 3.63) is 28.7 Å². The summed E-state index contributed by atoms with van der Waals surface area (Å²) in [6.45, 7) is 2.64. The van der Waals surface area contributed by atoms with Crippen LogP contribution in [-0.2, 0) is 6.54 Å². The quantitative estimate of drug-likeness (QED) is 0.709. The number of nitrogens with one attached hydrogen (secondary N) is 1. The summed E-state index contributed by atoms with van der Waals surface area (Å²) < 4.78 is 1.66. The standard InChI is InChI=1S/C12H13N5O/c1-2-6-17-11-7(4-3-5-14-11)9-8(12(17)18)10(13)16-15-9/h3-5H,2,6H2,1H3,(H3,13,15,16). The molecule has 0 bridgehead atoms. The Morgan fingerprint density at radius 3 is 3.11 bits per heavy atom. The Balaban J connectivity index is 2.59. The molecule has 92 valence electrons. The number of aromatic amines is 1. The van der Waals surface area contributed by atoms with Crippen molar-refractivity contribution in [2.75, 3.05) is 5.73 Å². The molecular weight excluding hydrogens is 230 g/mol. The van der Waals surface area contributed by atoms with Gasteiger partial charge in [0.2, 0.25) is 0 Å². The maximum Gasteiger partial charge on any atom is 0.265 e. The fraction of sp³-hybridized carbons (Fsp3) is 0.250. The van der Waals surface area contributed by atoms with E-state index in [2.05, 4.69) is 15.2 Å². The number of hydrogen-bond donors (Lipinski definition) is 2. The van der Waals surface area contributed by atoms with Crippen LogP contribution in [0.15, 0.2) is 23.1 Å². The number of anilines is 1. The number of H-pyrrole nitrogens is 1. The molecule has 0 amide bonds. The molecule has 3 N–H and O–H groups in total. The van der Waals surface area contributed by atoms with Gasteiger partial charge in [0.1, 0.15) is 11.0 Å². The molecule has 6 heteroatoms. The topological polar surface area (TPSA) is 89.6 Å². The van der Waals surface area contributed by atoms with E-state index in [4.69, 9.17) is 5.73 Å². The second-order valence-electron chi connectivity index (χ2n) is 4.19. The van der Waals surface area contributed by atoms with Gasteiger partial charge in [-0.3, -0.25) is 14.5 Å². The van der Waals surface area contributed by atoms with Crippen LogP contribution in [0.3, 0.4) is 0 Å². The zero-order chi connectivity index (χ0) is 12.7. The van der Waals surface area contributed by atoms with Gasteiger partial charge in [0.05, 0.1) is 5.52 Å². The molecule has 3 heterocycles. The van der Waals surface area contributed by atoms with Crippen molar-refractivity contribution in [1.29, 1.82) is 0 Å². The zero-order valence-corrected chi connectivity index (χ0v) is 9.97. The summed E-state index contributed by atoms with van der Waals surface area (Å²) in [7, 11) is 0. The first-order chi connectivity index (χ1) is 8.74. The summed E-state index contributed by atoms with van der Waals surface area (Å²) in [5.41, 5.74) is 6.95. The van der Waals surface area contributed by atoms with Gasteiger partial charge in [-0.25, -0.2) is 4.98 Å². The van der Waals surface area contributed by atoms with E-state index < -0.39 is 0 Å². The van der Waals surface area contributed by atoms with E-state index in [1.54, 1.807) is 10.8 Å². The minimum atomic E-state index is -0.135. The van der Waals surface area contributed by atoms with Gasteiger partial charge in [-0.2, -0.15) is 5.10 Å². The lowest BCUT2D eigenvalue weighted by atomic mass is 10.2. The average molecular weight is 243 g/mol. The fourth-order valence-electron chi connectivity index (χ4n) is 2.24. The summed E-state index contributed by atoms with van der Waals surface area (Å²) in [5.74, 6) is 0.241. The van der Waals surface area contributed by atoms with Crippen molar-refractivity contribution >= 4 is 27.8 Å². The highest BCUT2D eigenvalue weighted by Crippen LogP contribution is 2.22. The molecule has 0 spiro atoms. The van der Waals surface area contributed by atoms with Crippen LogP contribution < -0.4 is 11.3 Å². The number of nitrogen functional groups attached to an aromatic ring is 1. The Morgan fingerprint density at radius 2 is 2.33 bits per heavy atom. The first-order valence-corrected chi connectivity index (χ1v) is 5.85. The number of nitrogens with zero attached hydrogens (tertiary/aromatic N) is 3. The van der Waals surface area contributed by atoms with Crippen LogP contribution >= 0.6 is 0 Å². The number of aryl methyl sites for hydroxylation is 1. The summed E-state index contributed by atoms with van der Waals surface area (Å²) in [6.07, 6.45) is 2.54. The second-order valence-corrected chi connectivity index (χ2v) is 4.19. The Hall–Kier alpha value is -2.37. The number of fused-ring (bicyclic) bond motifs is 3. The van der Waals surface area contributed by atoms with E-state index in [1.807, 2.05) is 19.1 Å². The fourth-order valence-corrected chi connectivity index (χ4v) is 2.24. The number of rotatable bonds is 2. The molecule has 0 saturated heterocycles. The Kier molecular flexibility index (Phi) is 2.29. The summed E-state index contributed by atoms with van der Waals surface area (Å²) in [6, 6.07) is 3.74. The molecule has 3 aromatic rings. The van der Waals surface area contributed by atoms with E-state index in [9.17, 15) is 4.79 Å². The summed E-state index contributed by atoms with van der Waals surface area (Å²) >= 11 is 0. The molecular formula is C12H13N5O. The number of aromatic nitrogens is 4. The predicted molar refractivity (Wildman–Crippen MR) is 70.4 cm³/mol. The van der Waals surface area contributed by atoms with Crippen molar-refractivity contribution in [3.8, 4) is 0 Å². The van der Waals surface area contributed by atoms with E-state index in [1.165, 1.54) is 0 Å². The third-order valence-electron chi connectivity index (χ3n) is 3.01. The van der Waals surface area contributed by atoms with Crippen LogP contribution in [0.1, 0.15) is 13.3 Å². The largest absolute Gasteiger partial charge is 0.382 e. The van der Waals surface area contributed by atoms with Gasteiger partial charge < -0.3 is 5.73 Å². The van der Waals surface area contributed by atoms with Gasteiger partial charge >= 0.3 is 0 Å². The van der Waals surface area contributed by atoms with Crippen LogP contribution in [0, 0.1) is 0 Å². The maximum atomic E-state index is 12.4. The molecule has 0 unspecified atom stereocenters. The predicted octanol–water partition coefficient (Wildman–Crippen LogP) is 1.26. The van der Waals surface area contributed by atoms with Crippen LogP contribution in [-0.4, -0.2) is 19.7 Å². The van der Waals surface area contributed by atoms with Gasteiger partial charge in [0, 0.05) is 18.1 Å². The van der Waals surface area contributed by atoms with Crippen molar-refractivity contribution < 1.29 is 0 Å². The van der Waals surface area contributed by atoms with Gasteiger partial charge in [-0.15, -0.1) is 0 Å². The molecule has 0 aromatic carbocycles. The monoisotopic (exact) mass is 243 g/mol. The lowest BCUT2D eigenvalue weighted by molar-refractivity contribution is 0.676. The van der Waals surface area contributed by atoms with E-state index in [0.29, 0.717) is 23.1 Å². The lowest BCUT2D eigenvalue weighted by Crippen LogP contribution is -2.21. The van der Waals surface area contributed by atoms with Crippen LogP contribution in [0.4, 0.5) is 5.82 Å². The highest BCUT2D eigenvalue weighted by atomic mass is 16.1. The van der Waals surface area contributed by atoms with Crippen molar-refractivity contribution in [1.82, 2.24) is 19.7 Å². The lowest BCUT2D eigenvalue weighted by Gasteiger charge is -2.08. The molecule has 3 rings (SSSR count). The highest BCUT2D eigenvalue weighted by molar-refractivity contribution is 6.05. The van der Waals surface area contributed by atoms with Gasteiger partial charge in [-0.1, -0.05) is 6.92 Å². The van der Waals surface area contributed by atoms with E-state index in [0.717, 1.165) is 11.8 Å². The van der Waals surface area contributed by atoms with Crippen molar-refractivity contribution in [2.24, 2.45) is 0 Å². The molecule has 18 heavy (non-hydrogen) atoms. The van der Waals surface area contributed by atoms with Gasteiger partial charge in [0.15, 0.2) is 5.82 Å². The van der Waals surface area contributed by atoms with Crippen LogP contribution in [0.5, 0.6) is 0 Å². The normalized spacial score (nSPS) is 11.4. The first kappa shape index (κ1) is 10.8. The van der Waals surface area contributed by atoms with Gasteiger partial charge in [0.25, 0.3) is 5.56 Å². The first-order valence-electron chi connectivity index (χ1n) is 5.85. The molecule has 6 nitrogen and oxygen atoms in total. The SMILES string of the molecule is CCCn1c(=O)c2c(N)n[nH]c2c2cccnc21. The average Bonchev–Trinajstić information content (AvgIpc) is 2.77. The Bertz CT molecular complexity index is 786. The minimum absolute atomic E-state index is 0.135. The minimum Gasteiger partial charge on any atom is -0.382 e. The van der Waals surface area contributed by atoms with Crippen molar-refractivity contribution in [2.45, 2.75) is 19.9 Å². The molecule has 3 aromatic heterocycles. The molecule has 0 aliphatic carbocycles. The van der Waals surface area contributed by atoms with E-state index in [-0.39, 0.29) is 11.4 Å². The smallest absolute Gasteiger partial charge is 0.265 e. The number of nitrogens with two attached hydrogens (primary N) is 1. The van der Waals surface area contributed by atoms with Crippen molar-refractivity contribution in [3.63, 3.8) is 0 Å². The molecule has 0 saturated carbocycles. The zero-order valence-electron chi connectivity index (χ0n) is 9.97. The summed E-state index contributed by atoms with van der Waals surface area (Å²) in [4.78, 5) is 16.7. The highest BCUT2D eigenvalue weighted by Gasteiger charge is 2.15. The third kappa shape index (κ3) is 1.32. The summed E-state index contributed by atoms with van der Waals surface area (Å²) in [5, 5.41) is 8.05. The molecule has 0 radical (unpaired) electrons. The third-order valence-corrected chi connectivity index (χ3v) is 3.01. The molecule has 0 aliphatic rings.